The van der Waals surface area contributed by atoms with Crippen LogP contribution in [0.2, 0.25) is 0 Å². The van der Waals surface area contributed by atoms with Crippen molar-refractivity contribution in [3.05, 3.63) is 71.3 Å². The van der Waals surface area contributed by atoms with Crippen LogP contribution in [0, 0.1) is 11.6 Å². The molecule has 0 radical (unpaired) electrons. The molecule has 2 heterocycles. The van der Waals surface area contributed by atoms with E-state index in [1.807, 2.05) is 30.3 Å². The topological polar surface area (TPSA) is 61.4 Å². The number of rotatable bonds is 2. The Balaban J connectivity index is 1.43. The molecule has 2 amide bonds. The Bertz CT molecular complexity index is 952. The van der Waals surface area contributed by atoms with Gasteiger partial charge >= 0.3 is 0 Å². The summed E-state index contributed by atoms with van der Waals surface area (Å²) in [5.41, 5.74) is 0.519. The van der Waals surface area contributed by atoms with E-state index in [-0.39, 0.29) is 17.2 Å². The van der Waals surface area contributed by atoms with Crippen LogP contribution in [0.25, 0.3) is 6.08 Å². The van der Waals surface area contributed by atoms with Crippen molar-refractivity contribution in [3.63, 3.8) is 0 Å². The molecule has 0 aliphatic carbocycles. The van der Waals surface area contributed by atoms with Crippen LogP contribution in [0.1, 0.15) is 28.8 Å². The molecule has 0 unspecified atom stereocenters. The second-order valence-electron chi connectivity index (χ2n) is 7.04. The number of carbonyl (C=O) groups excluding carboxylic acids is 2. The minimum Gasteiger partial charge on any atom is -0.362 e. The smallest absolute Gasteiger partial charge is 0.255 e. The zero-order valence-electron chi connectivity index (χ0n) is 15.0. The maximum atomic E-state index is 13.6. The van der Waals surface area contributed by atoms with E-state index in [1.54, 1.807) is 11.0 Å². The zero-order valence-corrected chi connectivity index (χ0v) is 15.0. The Morgan fingerprint density at radius 2 is 1.71 bits per heavy atom. The van der Waals surface area contributed by atoms with Crippen molar-refractivity contribution in [1.82, 2.24) is 10.2 Å². The van der Waals surface area contributed by atoms with Crippen LogP contribution in [-0.4, -0.2) is 35.5 Å². The summed E-state index contributed by atoms with van der Waals surface area (Å²) in [5, 5.41) is 5.99. The molecular weight excluding hydrogens is 364 g/mol. The van der Waals surface area contributed by atoms with Crippen LogP contribution >= 0.6 is 0 Å². The van der Waals surface area contributed by atoms with E-state index in [1.165, 1.54) is 6.08 Å². The van der Waals surface area contributed by atoms with E-state index in [0.29, 0.717) is 25.9 Å². The molecule has 2 aliphatic heterocycles. The number of amides is 2. The highest BCUT2D eigenvalue weighted by Gasteiger charge is 2.41. The molecule has 2 aromatic carbocycles. The van der Waals surface area contributed by atoms with Gasteiger partial charge in [0.1, 0.15) is 5.66 Å². The minimum atomic E-state index is -1.06. The number of anilines is 1. The van der Waals surface area contributed by atoms with Crippen molar-refractivity contribution in [2.45, 2.75) is 18.5 Å². The Labute approximate surface area is 161 Å². The van der Waals surface area contributed by atoms with Gasteiger partial charge in [-0.3, -0.25) is 9.59 Å². The average Bonchev–Trinajstić information content (AvgIpc) is 2.69. The number of nitrogens with zero attached hydrogens (tertiary/aromatic N) is 1. The first kappa shape index (κ1) is 18.2. The summed E-state index contributed by atoms with van der Waals surface area (Å²) in [6.07, 6.45) is 4.22. The number of halogens is 2. The molecule has 1 fully saturated rings. The molecule has 0 aromatic heterocycles. The molecule has 4 rings (SSSR count). The van der Waals surface area contributed by atoms with Gasteiger partial charge < -0.3 is 15.5 Å². The van der Waals surface area contributed by atoms with Crippen LogP contribution in [0.5, 0.6) is 0 Å². The van der Waals surface area contributed by atoms with E-state index in [9.17, 15) is 18.4 Å². The number of benzene rings is 2. The summed E-state index contributed by atoms with van der Waals surface area (Å²) < 4.78 is 27.0. The first-order chi connectivity index (χ1) is 13.5. The number of carbonyl (C=O) groups is 2. The fraction of sp³-hybridized carbons (Fsp3) is 0.238. The Kier molecular flexibility index (Phi) is 4.58. The fourth-order valence-electron chi connectivity index (χ4n) is 3.61. The van der Waals surface area contributed by atoms with Gasteiger partial charge in [-0.05, 0) is 17.7 Å². The molecular formula is C21H19F2N3O2. The van der Waals surface area contributed by atoms with Gasteiger partial charge in [-0.15, -0.1) is 0 Å². The molecule has 0 saturated carbocycles. The molecule has 144 valence electrons. The lowest BCUT2D eigenvalue weighted by atomic mass is 9.92. The highest BCUT2D eigenvalue weighted by molar-refractivity contribution is 6.02. The maximum absolute atomic E-state index is 13.6. The third kappa shape index (κ3) is 3.47. The van der Waals surface area contributed by atoms with E-state index in [2.05, 4.69) is 10.6 Å². The van der Waals surface area contributed by atoms with Crippen molar-refractivity contribution in [2.75, 3.05) is 18.4 Å². The van der Waals surface area contributed by atoms with Gasteiger partial charge in [0.2, 0.25) is 5.91 Å². The molecule has 1 spiro atoms. The number of nitrogens with one attached hydrogen (secondary N) is 2. The van der Waals surface area contributed by atoms with Gasteiger partial charge in [-0.25, -0.2) is 8.78 Å². The zero-order chi connectivity index (χ0) is 19.7. The monoisotopic (exact) mass is 383 g/mol. The first-order valence-corrected chi connectivity index (χ1v) is 9.08. The molecule has 2 N–H and O–H groups in total. The van der Waals surface area contributed by atoms with Gasteiger partial charge in [0, 0.05) is 38.1 Å². The van der Waals surface area contributed by atoms with Gasteiger partial charge in [-0.2, -0.15) is 0 Å². The lowest BCUT2D eigenvalue weighted by Crippen LogP contribution is -2.62. The predicted molar refractivity (Wildman–Crippen MR) is 101 cm³/mol. The predicted octanol–water partition coefficient (Wildman–Crippen LogP) is 3.15. The molecule has 28 heavy (non-hydrogen) atoms. The SMILES string of the molecule is O=C1NC2(CCN(C(=O)/C=C/c3ccccc3)CC2)Nc2cc(F)c(F)cc21. The molecule has 5 nitrogen and oxygen atoms in total. The van der Waals surface area contributed by atoms with Gasteiger partial charge in [0.25, 0.3) is 5.91 Å². The Morgan fingerprint density at radius 3 is 2.43 bits per heavy atom. The Morgan fingerprint density at radius 1 is 1.04 bits per heavy atom. The van der Waals surface area contributed by atoms with Gasteiger partial charge in [-0.1, -0.05) is 30.3 Å². The summed E-state index contributed by atoms with van der Waals surface area (Å²) in [4.78, 5) is 26.5. The Hall–Kier alpha value is -3.22. The second-order valence-corrected chi connectivity index (χ2v) is 7.04. The molecule has 7 heteroatoms. The van der Waals surface area contributed by atoms with Gasteiger partial charge in [0.05, 0.1) is 11.3 Å². The standard InChI is InChI=1S/C21H19F2N3O2/c22-16-12-15-18(13-17(16)23)24-21(25-20(15)28)8-10-26(11-9-21)19(27)7-6-14-4-2-1-3-5-14/h1-7,12-13,24H,8-11H2,(H,25,28)/b7-6+. The van der Waals surface area contributed by atoms with Crippen LogP contribution in [0.4, 0.5) is 14.5 Å². The minimum absolute atomic E-state index is 0.0776. The van der Waals surface area contributed by atoms with Gasteiger partial charge in [0.15, 0.2) is 11.6 Å². The van der Waals surface area contributed by atoms with E-state index in [0.717, 1.165) is 17.7 Å². The van der Waals surface area contributed by atoms with E-state index < -0.39 is 23.2 Å². The molecule has 0 atom stereocenters. The summed E-state index contributed by atoms with van der Waals surface area (Å²) in [6.45, 7) is 0.870. The third-order valence-electron chi connectivity index (χ3n) is 5.18. The number of hydrogen-bond donors (Lipinski definition) is 2. The van der Waals surface area contributed by atoms with Crippen LogP contribution in [-0.2, 0) is 4.79 Å². The maximum Gasteiger partial charge on any atom is 0.255 e. The van der Waals surface area contributed by atoms with E-state index in [4.69, 9.17) is 0 Å². The number of piperidine rings is 1. The highest BCUT2D eigenvalue weighted by Crippen LogP contribution is 2.32. The second kappa shape index (κ2) is 7.07. The third-order valence-corrected chi connectivity index (χ3v) is 5.18. The first-order valence-electron chi connectivity index (χ1n) is 9.08. The van der Waals surface area contributed by atoms with Crippen molar-refractivity contribution >= 4 is 23.6 Å². The molecule has 2 aliphatic rings. The number of hydrogen-bond acceptors (Lipinski definition) is 3. The highest BCUT2D eigenvalue weighted by atomic mass is 19.2. The summed E-state index contributed by atoms with van der Waals surface area (Å²) in [7, 11) is 0. The van der Waals surface area contributed by atoms with Crippen molar-refractivity contribution in [3.8, 4) is 0 Å². The molecule has 1 saturated heterocycles. The molecule has 2 aromatic rings. The quantitative estimate of drug-likeness (QED) is 0.784. The fourth-order valence-corrected chi connectivity index (χ4v) is 3.61. The molecule has 0 bridgehead atoms. The number of fused-ring (bicyclic) bond motifs is 1. The van der Waals surface area contributed by atoms with Crippen LogP contribution in [0.15, 0.2) is 48.5 Å². The average molecular weight is 383 g/mol. The summed E-state index contributed by atoms with van der Waals surface area (Å²) in [5.74, 6) is -2.61. The van der Waals surface area contributed by atoms with Crippen molar-refractivity contribution in [2.24, 2.45) is 0 Å². The van der Waals surface area contributed by atoms with Crippen LogP contribution < -0.4 is 10.6 Å². The summed E-state index contributed by atoms with van der Waals surface area (Å²) in [6, 6.07) is 11.4. The normalized spacial score (nSPS) is 17.9. The van der Waals surface area contributed by atoms with E-state index >= 15 is 0 Å². The van der Waals surface area contributed by atoms with Crippen LogP contribution in [0.3, 0.4) is 0 Å². The summed E-state index contributed by atoms with van der Waals surface area (Å²) >= 11 is 0. The lowest BCUT2D eigenvalue weighted by Gasteiger charge is -2.45. The largest absolute Gasteiger partial charge is 0.362 e. The number of likely N-dealkylation sites (tertiary alicyclic amines) is 1. The van der Waals surface area contributed by atoms with Crippen molar-refractivity contribution < 1.29 is 18.4 Å². The van der Waals surface area contributed by atoms with Crippen molar-refractivity contribution in [1.29, 1.82) is 0 Å². The lowest BCUT2D eigenvalue weighted by molar-refractivity contribution is -0.127.